The number of hydrogen-bond acceptors (Lipinski definition) is 11. The summed E-state index contributed by atoms with van der Waals surface area (Å²) >= 11 is 0. The maximum atomic E-state index is 12.8. The molecule has 4 aromatic rings. The quantitative estimate of drug-likeness (QED) is 0.319. The van der Waals surface area contributed by atoms with E-state index in [1.807, 2.05) is 44.2 Å². The number of fused-ring (bicyclic) bond motifs is 2. The molecular weight excluding hydrogens is 532 g/mol. The van der Waals surface area contributed by atoms with Crippen molar-refractivity contribution in [3.8, 4) is 0 Å². The summed E-state index contributed by atoms with van der Waals surface area (Å²) < 4.78 is 31.0. The van der Waals surface area contributed by atoms with Crippen LogP contribution in [0.4, 0.5) is 16.3 Å². The van der Waals surface area contributed by atoms with Gasteiger partial charge in [0.2, 0.25) is 0 Å². The lowest BCUT2D eigenvalue weighted by Gasteiger charge is -2.24. The molecule has 2 aliphatic rings. The van der Waals surface area contributed by atoms with Crippen LogP contribution in [0, 0.1) is 0 Å². The minimum Gasteiger partial charge on any atom is -0.459 e. The Morgan fingerprint density at radius 1 is 1.00 bits per heavy atom. The Morgan fingerprint density at radius 3 is 2.54 bits per heavy atom. The molecule has 13 heteroatoms. The average molecular weight is 561 g/mol. The first kappa shape index (κ1) is 26.6. The Labute approximate surface area is 234 Å². The molecule has 4 unspecified atom stereocenters. The lowest BCUT2D eigenvalue weighted by atomic mass is 10.1. The number of nitrogens with zero attached hydrogens (tertiary/aromatic N) is 4. The highest BCUT2D eigenvalue weighted by atomic mass is 16.8. The number of aromatic nitrogens is 4. The molecule has 2 aromatic carbocycles. The molecule has 13 nitrogen and oxygen atoms in total. The summed E-state index contributed by atoms with van der Waals surface area (Å²) in [6, 6.07) is 15.6. The molecule has 0 bridgehead atoms. The molecule has 6 rings (SSSR count). The normalized spacial score (nSPS) is 22.8. The molecule has 0 aliphatic carbocycles. The van der Waals surface area contributed by atoms with Crippen LogP contribution in [0.5, 0.6) is 0 Å². The van der Waals surface area contributed by atoms with Gasteiger partial charge in [-0.2, -0.15) is 0 Å². The Balaban J connectivity index is 1.07. The van der Waals surface area contributed by atoms with E-state index in [9.17, 15) is 9.59 Å². The zero-order valence-electron chi connectivity index (χ0n) is 22.3. The molecule has 0 saturated carbocycles. The van der Waals surface area contributed by atoms with Gasteiger partial charge in [-0.3, -0.25) is 9.88 Å². The fraction of sp³-hybridized carbons (Fsp3) is 0.321. The maximum Gasteiger partial charge on any atom is 0.411 e. The number of nitrogens with two attached hydrogens (primary N) is 1. The van der Waals surface area contributed by atoms with Gasteiger partial charge in [0.15, 0.2) is 23.5 Å². The van der Waals surface area contributed by atoms with Gasteiger partial charge in [-0.15, -0.1) is 0 Å². The van der Waals surface area contributed by atoms with Crippen molar-refractivity contribution < 1.29 is 33.3 Å². The first-order chi connectivity index (χ1) is 19.8. The highest BCUT2D eigenvalue weighted by molar-refractivity contribution is 5.91. The second kappa shape index (κ2) is 10.8. The van der Waals surface area contributed by atoms with Crippen molar-refractivity contribution in [3.05, 3.63) is 78.4 Å². The number of rotatable bonds is 7. The fourth-order valence-corrected chi connectivity index (χ4v) is 4.88. The minimum atomic E-state index is -0.866. The third-order valence-corrected chi connectivity index (χ3v) is 6.74. The van der Waals surface area contributed by atoms with Gasteiger partial charge in [0.05, 0.1) is 11.9 Å². The highest BCUT2D eigenvalue weighted by Crippen LogP contribution is 2.44. The molecule has 41 heavy (non-hydrogen) atoms. The number of hydrogen-bond donors (Lipinski definition) is 2. The summed E-state index contributed by atoms with van der Waals surface area (Å²) in [5, 5.41) is 2.63. The topological polar surface area (TPSA) is 162 Å². The molecule has 4 heterocycles. The van der Waals surface area contributed by atoms with Gasteiger partial charge in [-0.05, 0) is 43.7 Å². The largest absolute Gasteiger partial charge is 0.459 e. The predicted molar refractivity (Wildman–Crippen MR) is 144 cm³/mol. The van der Waals surface area contributed by atoms with Crippen LogP contribution in [0.3, 0.4) is 0 Å². The number of ether oxygens (including phenoxy) is 5. The van der Waals surface area contributed by atoms with E-state index >= 15 is 0 Å². The molecule has 0 spiro atoms. The number of nitrogens with one attached hydrogen (secondary N) is 1. The summed E-state index contributed by atoms with van der Waals surface area (Å²) in [5.41, 5.74) is 8.53. The van der Waals surface area contributed by atoms with Crippen molar-refractivity contribution in [2.45, 2.75) is 50.8 Å². The SMILES string of the molecule is CC1(C)OC2C(COC(=O)c3ccc(NC(=O)OCc4ccccc4)cc3)OC(n3cnc4c(N)ncnc43)C2O1. The molecule has 0 radical (unpaired) electrons. The maximum absolute atomic E-state index is 12.8. The van der Waals surface area contributed by atoms with Crippen molar-refractivity contribution in [3.63, 3.8) is 0 Å². The predicted octanol–water partition coefficient (Wildman–Crippen LogP) is 3.43. The molecule has 4 atom stereocenters. The van der Waals surface area contributed by atoms with Gasteiger partial charge in [0, 0.05) is 5.69 Å². The fourth-order valence-electron chi connectivity index (χ4n) is 4.88. The van der Waals surface area contributed by atoms with Crippen LogP contribution < -0.4 is 11.1 Å². The first-order valence-electron chi connectivity index (χ1n) is 13.0. The number of benzene rings is 2. The van der Waals surface area contributed by atoms with E-state index in [0.717, 1.165) is 5.56 Å². The molecule has 2 aromatic heterocycles. The monoisotopic (exact) mass is 560 g/mol. The third kappa shape index (κ3) is 5.55. The average Bonchev–Trinajstić information content (AvgIpc) is 3.63. The lowest BCUT2D eigenvalue weighted by molar-refractivity contribution is -0.199. The highest BCUT2D eigenvalue weighted by Gasteiger charge is 2.56. The van der Waals surface area contributed by atoms with E-state index in [4.69, 9.17) is 29.4 Å². The molecule has 212 valence electrons. The third-order valence-electron chi connectivity index (χ3n) is 6.74. The van der Waals surface area contributed by atoms with Crippen molar-refractivity contribution in [2.24, 2.45) is 0 Å². The van der Waals surface area contributed by atoms with E-state index in [1.54, 1.807) is 35.2 Å². The van der Waals surface area contributed by atoms with Gasteiger partial charge < -0.3 is 29.4 Å². The smallest absolute Gasteiger partial charge is 0.411 e. The number of anilines is 2. The summed E-state index contributed by atoms with van der Waals surface area (Å²) in [5.74, 6) is -1.17. The van der Waals surface area contributed by atoms with Gasteiger partial charge in [-0.1, -0.05) is 30.3 Å². The molecule has 2 aliphatic heterocycles. The number of carbonyl (C=O) groups is 2. The Kier molecular flexibility index (Phi) is 6.99. The van der Waals surface area contributed by atoms with Gasteiger partial charge in [0.1, 0.15) is 43.4 Å². The molecule has 3 N–H and O–H groups in total. The van der Waals surface area contributed by atoms with E-state index in [0.29, 0.717) is 22.4 Å². The number of amides is 1. The molecule has 1 amide bonds. The summed E-state index contributed by atoms with van der Waals surface area (Å²) in [6.07, 6.45) is 0.0410. The van der Waals surface area contributed by atoms with Gasteiger partial charge >= 0.3 is 12.1 Å². The molecule has 2 saturated heterocycles. The lowest BCUT2D eigenvalue weighted by Crippen LogP contribution is -2.33. The standard InChI is InChI=1S/C28H28N6O7/c1-28(2)40-21-19(39-25(22(21)41-28)34-15-32-20-23(29)30-14-31-24(20)34)13-37-26(35)17-8-10-18(11-9-17)33-27(36)38-12-16-6-4-3-5-7-16/h3-11,14-15,19,21-22,25H,12-13H2,1-2H3,(H,33,36)(H2,29,30,31). The van der Waals surface area contributed by atoms with Gasteiger partial charge in [-0.25, -0.2) is 24.5 Å². The molecular formula is C28H28N6O7. The summed E-state index contributed by atoms with van der Waals surface area (Å²) in [6.45, 7) is 3.69. The van der Waals surface area contributed by atoms with Crippen LogP contribution in [0.25, 0.3) is 11.2 Å². The van der Waals surface area contributed by atoms with Crippen molar-refractivity contribution in [1.82, 2.24) is 19.5 Å². The van der Waals surface area contributed by atoms with Crippen LogP contribution in [0.1, 0.15) is 36.0 Å². The Hall–Kier alpha value is -4.59. The number of nitrogen functional groups attached to an aromatic ring is 1. The Morgan fingerprint density at radius 2 is 1.76 bits per heavy atom. The van der Waals surface area contributed by atoms with E-state index in [1.165, 1.54) is 6.33 Å². The van der Waals surface area contributed by atoms with Crippen LogP contribution in [0.2, 0.25) is 0 Å². The number of carbonyl (C=O) groups excluding carboxylic acids is 2. The van der Waals surface area contributed by atoms with E-state index in [2.05, 4.69) is 20.3 Å². The summed E-state index contributed by atoms with van der Waals surface area (Å²) in [7, 11) is 0. The van der Waals surface area contributed by atoms with Crippen LogP contribution >= 0.6 is 0 Å². The van der Waals surface area contributed by atoms with Crippen LogP contribution in [0.15, 0.2) is 67.3 Å². The Bertz CT molecular complexity index is 1560. The van der Waals surface area contributed by atoms with Crippen molar-refractivity contribution >= 4 is 34.7 Å². The van der Waals surface area contributed by atoms with Crippen molar-refractivity contribution in [1.29, 1.82) is 0 Å². The number of esters is 1. The van der Waals surface area contributed by atoms with E-state index in [-0.39, 0.29) is 19.0 Å². The van der Waals surface area contributed by atoms with Crippen molar-refractivity contribution in [2.75, 3.05) is 17.7 Å². The number of imidazole rings is 1. The molecule has 2 fully saturated rings. The second-order valence-corrected chi connectivity index (χ2v) is 10.1. The minimum absolute atomic E-state index is 0.0779. The van der Waals surface area contributed by atoms with E-state index < -0.39 is 42.4 Å². The summed E-state index contributed by atoms with van der Waals surface area (Å²) in [4.78, 5) is 37.5. The zero-order chi connectivity index (χ0) is 28.6. The van der Waals surface area contributed by atoms with Gasteiger partial charge in [0.25, 0.3) is 0 Å². The second-order valence-electron chi connectivity index (χ2n) is 10.1. The first-order valence-corrected chi connectivity index (χ1v) is 13.0. The van der Waals surface area contributed by atoms with Crippen LogP contribution in [-0.4, -0.2) is 62.3 Å². The zero-order valence-corrected chi connectivity index (χ0v) is 22.3. The van der Waals surface area contributed by atoms with Crippen LogP contribution in [-0.2, 0) is 30.3 Å².